The number of halogens is 3. The van der Waals surface area contributed by atoms with Crippen molar-refractivity contribution in [1.29, 1.82) is 0 Å². The molecular weight excluding hydrogens is 263 g/mol. The fourth-order valence-electron chi connectivity index (χ4n) is 1.50. The van der Waals surface area contributed by atoms with E-state index in [4.69, 9.17) is 0 Å². The fraction of sp³-hybridized carbons (Fsp3) is 0.667. The molecule has 0 fully saturated rings. The minimum Gasteiger partial charge on any atom is -0.467 e. The summed E-state index contributed by atoms with van der Waals surface area (Å²) < 4.78 is 40.4. The predicted molar refractivity (Wildman–Crippen MR) is 63.3 cm³/mol. The molecule has 1 atom stereocenters. The van der Waals surface area contributed by atoms with Crippen molar-refractivity contribution >= 4 is 11.9 Å². The van der Waals surface area contributed by atoms with Crippen molar-refractivity contribution in [2.24, 2.45) is 0 Å². The lowest BCUT2D eigenvalue weighted by atomic mass is 10.1. The molecule has 0 N–H and O–H groups in total. The molecule has 0 bridgehead atoms. The van der Waals surface area contributed by atoms with Crippen LogP contribution in [-0.4, -0.2) is 43.2 Å². The first kappa shape index (κ1) is 17.5. The number of rotatable bonds is 7. The van der Waals surface area contributed by atoms with Gasteiger partial charge in [0, 0.05) is 19.9 Å². The average Bonchev–Trinajstić information content (AvgIpc) is 2.32. The van der Waals surface area contributed by atoms with E-state index in [0.29, 0.717) is 0 Å². The highest BCUT2D eigenvalue weighted by Gasteiger charge is 2.29. The summed E-state index contributed by atoms with van der Waals surface area (Å²) in [6.07, 6.45) is -4.22. The molecule has 7 heteroatoms. The molecule has 0 unspecified atom stereocenters. The Bertz CT molecular complexity index is 329. The van der Waals surface area contributed by atoms with Crippen molar-refractivity contribution in [3.63, 3.8) is 0 Å². The lowest BCUT2D eigenvalue weighted by Crippen LogP contribution is -2.42. The Balaban J connectivity index is 4.42. The summed E-state index contributed by atoms with van der Waals surface area (Å²) in [5, 5.41) is 0. The zero-order valence-corrected chi connectivity index (χ0v) is 11.0. The van der Waals surface area contributed by atoms with E-state index in [1.54, 1.807) is 0 Å². The lowest BCUT2D eigenvalue weighted by Gasteiger charge is -2.25. The maximum absolute atomic E-state index is 12.0. The Morgan fingerprint density at radius 3 is 2.42 bits per heavy atom. The van der Waals surface area contributed by atoms with Gasteiger partial charge in [-0.1, -0.05) is 6.08 Å². The molecule has 110 valence electrons. The first-order valence-corrected chi connectivity index (χ1v) is 5.74. The zero-order chi connectivity index (χ0) is 15.1. The van der Waals surface area contributed by atoms with Gasteiger partial charge in [0.2, 0.25) is 5.91 Å². The van der Waals surface area contributed by atoms with Gasteiger partial charge in [-0.05, 0) is 12.8 Å². The standard InChI is InChI=1S/C12H18F3NO3/c1-4-6-9(11(18)19-3)16(2)10(17)7-5-8-12(13,14)15/h4,9H,1,5-8H2,2-3H3/t9-/m0/s1. The van der Waals surface area contributed by atoms with Crippen LogP contribution in [0.25, 0.3) is 0 Å². The highest BCUT2D eigenvalue weighted by atomic mass is 19.4. The van der Waals surface area contributed by atoms with Crippen LogP contribution in [0.1, 0.15) is 25.7 Å². The van der Waals surface area contributed by atoms with Crippen molar-refractivity contribution < 1.29 is 27.5 Å². The van der Waals surface area contributed by atoms with Crippen LogP contribution >= 0.6 is 0 Å². The van der Waals surface area contributed by atoms with E-state index in [9.17, 15) is 22.8 Å². The normalized spacial score (nSPS) is 12.7. The average molecular weight is 281 g/mol. The van der Waals surface area contributed by atoms with E-state index >= 15 is 0 Å². The molecule has 0 rings (SSSR count). The first-order valence-electron chi connectivity index (χ1n) is 5.74. The van der Waals surface area contributed by atoms with Crippen LogP contribution in [0.2, 0.25) is 0 Å². The maximum Gasteiger partial charge on any atom is 0.389 e. The smallest absolute Gasteiger partial charge is 0.389 e. The van der Waals surface area contributed by atoms with E-state index in [1.165, 1.54) is 20.2 Å². The van der Waals surface area contributed by atoms with E-state index in [-0.39, 0.29) is 19.3 Å². The molecule has 0 heterocycles. The molecule has 0 saturated carbocycles. The van der Waals surface area contributed by atoms with Gasteiger partial charge in [0.15, 0.2) is 0 Å². The van der Waals surface area contributed by atoms with Crippen LogP contribution in [0.4, 0.5) is 13.2 Å². The predicted octanol–water partition coefficient (Wildman–Crippen LogP) is 2.30. The minimum atomic E-state index is -4.28. The number of hydrogen-bond donors (Lipinski definition) is 0. The van der Waals surface area contributed by atoms with Gasteiger partial charge in [0.05, 0.1) is 7.11 Å². The third-order valence-corrected chi connectivity index (χ3v) is 2.57. The summed E-state index contributed by atoms with van der Waals surface area (Å²) in [5.41, 5.74) is 0. The fourth-order valence-corrected chi connectivity index (χ4v) is 1.50. The summed E-state index contributed by atoms with van der Waals surface area (Å²) >= 11 is 0. The maximum atomic E-state index is 12.0. The minimum absolute atomic E-state index is 0.189. The number of esters is 1. The van der Waals surface area contributed by atoms with E-state index in [1.807, 2.05) is 0 Å². The molecule has 0 aromatic carbocycles. The molecule has 0 spiro atoms. The zero-order valence-electron chi connectivity index (χ0n) is 11.0. The van der Waals surface area contributed by atoms with Crippen molar-refractivity contribution in [2.75, 3.05) is 14.2 Å². The third kappa shape index (κ3) is 6.83. The number of nitrogens with zero attached hydrogens (tertiary/aromatic N) is 1. The van der Waals surface area contributed by atoms with Crippen LogP contribution in [0.15, 0.2) is 12.7 Å². The number of likely N-dealkylation sites (N-methyl/N-ethyl adjacent to an activating group) is 1. The Kier molecular flexibility index (Phi) is 7.18. The molecule has 4 nitrogen and oxygen atoms in total. The highest BCUT2D eigenvalue weighted by Crippen LogP contribution is 2.22. The Hall–Kier alpha value is -1.53. The van der Waals surface area contributed by atoms with E-state index in [0.717, 1.165) is 4.90 Å². The molecular formula is C12H18F3NO3. The molecule has 1 amide bonds. The molecule has 0 radical (unpaired) electrons. The summed E-state index contributed by atoms with van der Waals surface area (Å²) in [5.74, 6) is -1.15. The molecule has 0 aromatic rings. The van der Waals surface area contributed by atoms with Crippen LogP contribution in [0.5, 0.6) is 0 Å². The van der Waals surface area contributed by atoms with Crippen molar-refractivity contribution in [3.05, 3.63) is 12.7 Å². The molecule has 0 aliphatic carbocycles. The van der Waals surface area contributed by atoms with Gasteiger partial charge in [-0.25, -0.2) is 4.79 Å². The summed E-state index contributed by atoms with van der Waals surface area (Å²) in [6.45, 7) is 3.46. The summed E-state index contributed by atoms with van der Waals surface area (Å²) in [7, 11) is 2.54. The second-order valence-electron chi connectivity index (χ2n) is 4.04. The van der Waals surface area contributed by atoms with Gasteiger partial charge in [-0.15, -0.1) is 6.58 Å². The monoisotopic (exact) mass is 281 g/mol. The van der Waals surface area contributed by atoms with E-state index < -0.39 is 30.5 Å². The molecule has 0 aromatic heterocycles. The molecule has 0 aliphatic rings. The van der Waals surface area contributed by atoms with Crippen molar-refractivity contribution in [1.82, 2.24) is 4.90 Å². The number of hydrogen-bond acceptors (Lipinski definition) is 3. The number of carbonyl (C=O) groups excluding carboxylic acids is 2. The molecule has 19 heavy (non-hydrogen) atoms. The quantitative estimate of drug-likeness (QED) is 0.531. The number of amides is 1. The van der Waals surface area contributed by atoms with Gasteiger partial charge in [-0.3, -0.25) is 4.79 Å². The SMILES string of the molecule is C=CC[C@@H](C(=O)OC)N(C)C(=O)CCCC(F)(F)F. The van der Waals surface area contributed by atoms with Gasteiger partial charge < -0.3 is 9.64 Å². The number of ether oxygens (including phenoxy) is 1. The molecule has 0 aliphatic heterocycles. The number of alkyl halides is 3. The largest absolute Gasteiger partial charge is 0.467 e. The van der Waals surface area contributed by atoms with Crippen LogP contribution in [-0.2, 0) is 14.3 Å². The first-order chi connectivity index (χ1) is 8.72. The second kappa shape index (κ2) is 7.81. The van der Waals surface area contributed by atoms with Crippen LogP contribution < -0.4 is 0 Å². The lowest BCUT2D eigenvalue weighted by molar-refractivity contribution is -0.152. The summed E-state index contributed by atoms with van der Waals surface area (Å²) in [6, 6.07) is -0.846. The van der Waals surface area contributed by atoms with Crippen molar-refractivity contribution in [3.8, 4) is 0 Å². The Labute approximate surface area is 110 Å². The Morgan fingerprint density at radius 2 is 2.00 bits per heavy atom. The van der Waals surface area contributed by atoms with Gasteiger partial charge in [0.1, 0.15) is 6.04 Å². The topological polar surface area (TPSA) is 46.6 Å². The van der Waals surface area contributed by atoms with Crippen molar-refractivity contribution in [2.45, 2.75) is 37.9 Å². The number of carbonyl (C=O) groups is 2. The van der Waals surface area contributed by atoms with Crippen LogP contribution in [0, 0.1) is 0 Å². The number of methoxy groups -OCH3 is 1. The summed E-state index contributed by atoms with van der Waals surface area (Å²) in [4.78, 5) is 24.2. The molecule has 0 saturated heterocycles. The highest BCUT2D eigenvalue weighted by molar-refractivity contribution is 5.84. The van der Waals surface area contributed by atoms with E-state index in [2.05, 4.69) is 11.3 Å². The van der Waals surface area contributed by atoms with Gasteiger partial charge >= 0.3 is 12.1 Å². The second-order valence-corrected chi connectivity index (χ2v) is 4.04. The Morgan fingerprint density at radius 1 is 1.42 bits per heavy atom. The van der Waals surface area contributed by atoms with Crippen LogP contribution in [0.3, 0.4) is 0 Å². The third-order valence-electron chi connectivity index (χ3n) is 2.57. The van der Waals surface area contributed by atoms with Gasteiger partial charge in [0.25, 0.3) is 0 Å². The van der Waals surface area contributed by atoms with Gasteiger partial charge in [-0.2, -0.15) is 13.2 Å².